The Balaban J connectivity index is 2.50. The van der Waals surface area contributed by atoms with E-state index < -0.39 is 9.76 Å². The largest absolute Gasteiger partial charge is 0.410 e. The summed E-state index contributed by atoms with van der Waals surface area (Å²) in [5.41, 5.74) is 2.32. The zero-order chi connectivity index (χ0) is 14.3. The second-order valence-corrected chi connectivity index (χ2v) is 6.85. The zero-order valence-corrected chi connectivity index (χ0v) is 13.9. The SMILES string of the molecule is CCCC(O[SiH2]CC)(c1ccccc1)c1ccccc1. The quantitative estimate of drug-likeness (QED) is 0.690. The van der Waals surface area contributed by atoms with Crippen LogP contribution in [0.2, 0.25) is 6.04 Å². The highest BCUT2D eigenvalue weighted by atomic mass is 28.2. The van der Waals surface area contributed by atoms with E-state index in [1.165, 1.54) is 17.2 Å². The van der Waals surface area contributed by atoms with Gasteiger partial charge in [-0.05, 0) is 23.6 Å². The zero-order valence-electron chi connectivity index (χ0n) is 12.5. The molecule has 2 aromatic carbocycles. The van der Waals surface area contributed by atoms with Gasteiger partial charge in [-0.15, -0.1) is 0 Å². The first-order valence-electron chi connectivity index (χ1n) is 7.58. The van der Waals surface area contributed by atoms with Gasteiger partial charge in [0, 0.05) is 0 Å². The minimum absolute atomic E-state index is 0.250. The van der Waals surface area contributed by atoms with Crippen LogP contribution < -0.4 is 0 Å². The average molecular weight is 284 g/mol. The third kappa shape index (κ3) is 3.19. The van der Waals surface area contributed by atoms with Crippen molar-refractivity contribution < 1.29 is 4.43 Å². The molecule has 0 radical (unpaired) electrons. The normalized spacial score (nSPS) is 12.1. The molecule has 0 aliphatic heterocycles. The summed E-state index contributed by atoms with van der Waals surface area (Å²) in [5, 5.41) is 0. The van der Waals surface area contributed by atoms with Crippen molar-refractivity contribution in [1.82, 2.24) is 0 Å². The average Bonchev–Trinajstić information content (AvgIpc) is 2.53. The molecule has 0 saturated heterocycles. The molecular formula is C18H24OSi. The van der Waals surface area contributed by atoms with Gasteiger partial charge >= 0.3 is 0 Å². The fourth-order valence-corrected chi connectivity index (χ4v) is 3.77. The van der Waals surface area contributed by atoms with Gasteiger partial charge in [-0.1, -0.05) is 80.9 Å². The summed E-state index contributed by atoms with van der Waals surface area (Å²) in [7, 11) is -0.490. The van der Waals surface area contributed by atoms with Gasteiger partial charge in [0.2, 0.25) is 0 Å². The van der Waals surface area contributed by atoms with Crippen molar-refractivity contribution in [3.63, 3.8) is 0 Å². The molecule has 0 aromatic heterocycles. The molecule has 2 rings (SSSR count). The Kier molecular flexibility index (Phi) is 5.56. The summed E-state index contributed by atoms with van der Waals surface area (Å²) >= 11 is 0. The number of rotatable bonds is 7. The smallest absolute Gasteiger partial charge is 0.163 e. The van der Waals surface area contributed by atoms with Crippen LogP contribution in [-0.2, 0) is 10.0 Å². The van der Waals surface area contributed by atoms with E-state index in [1.807, 2.05) is 0 Å². The van der Waals surface area contributed by atoms with Crippen LogP contribution in [0.15, 0.2) is 60.7 Å². The molecule has 0 amide bonds. The maximum absolute atomic E-state index is 6.53. The lowest BCUT2D eigenvalue weighted by Crippen LogP contribution is -2.32. The summed E-state index contributed by atoms with van der Waals surface area (Å²) in [5.74, 6) is 0. The third-order valence-electron chi connectivity index (χ3n) is 3.63. The van der Waals surface area contributed by atoms with Gasteiger partial charge in [0.15, 0.2) is 9.76 Å². The molecule has 0 heterocycles. The standard InChI is InChI=1S/C18H24OSi/c1-3-15-18(19-20-4-2,16-11-7-5-8-12-16)17-13-9-6-10-14-17/h5-14H,3-4,15,20H2,1-2H3. The second kappa shape index (κ2) is 7.41. The lowest BCUT2D eigenvalue weighted by atomic mass is 9.83. The van der Waals surface area contributed by atoms with Crippen molar-refractivity contribution in [3.05, 3.63) is 71.8 Å². The molecule has 0 N–H and O–H groups in total. The molecule has 2 heteroatoms. The monoisotopic (exact) mass is 284 g/mol. The van der Waals surface area contributed by atoms with Crippen molar-refractivity contribution in [2.45, 2.75) is 38.3 Å². The molecule has 20 heavy (non-hydrogen) atoms. The Labute approximate surface area is 124 Å². The number of hydrogen-bond donors (Lipinski definition) is 0. The summed E-state index contributed by atoms with van der Waals surface area (Å²) in [4.78, 5) is 0. The molecule has 0 atom stereocenters. The first kappa shape index (κ1) is 15.0. The van der Waals surface area contributed by atoms with E-state index >= 15 is 0 Å². The molecule has 2 aromatic rings. The van der Waals surface area contributed by atoms with Crippen molar-refractivity contribution in [1.29, 1.82) is 0 Å². The van der Waals surface area contributed by atoms with Crippen molar-refractivity contribution in [2.24, 2.45) is 0 Å². The molecule has 106 valence electrons. The van der Waals surface area contributed by atoms with Crippen LogP contribution in [0.1, 0.15) is 37.8 Å². The van der Waals surface area contributed by atoms with Crippen molar-refractivity contribution in [3.8, 4) is 0 Å². The van der Waals surface area contributed by atoms with Crippen LogP contribution in [0.3, 0.4) is 0 Å². The van der Waals surface area contributed by atoms with E-state index in [9.17, 15) is 0 Å². The molecule has 0 saturated carbocycles. The van der Waals surface area contributed by atoms with Crippen LogP contribution in [0.5, 0.6) is 0 Å². The van der Waals surface area contributed by atoms with Crippen LogP contribution in [0.25, 0.3) is 0 Å². The Hall–Kier alpha value is -1.38. The van der Waals surface area contributed by atoms with Crippen molar-refractivity contribution in [2.75, 3.05) is 0 Å². The molecule has 0 aliphatic rings. The van der Waals surface area contributed by atoms with Gasteiger partial charge < -0.3 is 4.43 Å². The van der Waals surface area contributed by atoms with Crippen LogP contribution in [-0.4, -0.2) is 9.76 Å². The van der Waals surface area contributed by atoms with Gasteiger partial charge in [-0.3, -0.25) is 0 Å². The van der Waals surface area contributed by atoms with E-state index in [-0.39, 0.29) is 5.60 Å². The van der Waals surface area contributed by atoms with E-state index in [0.717, 1.165) is 12.8 Å². The minimum atomic E-state index is -0.490. The predicted octanol–water partition coefficient (Wildman–Crippen LogP) is 4.27. The highest BCUT2D eigenvalue weighted by molar-refractivity contribution is 6.27. The topological polar surface area (TPSA) is 9.23 Å². The van der Waals surface area contributed by atoms with E-state index in [1.54, 1.807) is 0 Å². The molecule has 0 aliphatic carbocycles. The molecule has 0 fully saturated rings. The first-order chi connectivity index (χ1) is 9.83. The highest BCUT2D eigenvalue weighted by Gasteiger charge is 2.33. The summed E-state index contributed by atoms with van der Waals surface area (Å²) in [6.07, 6.45) is 2.15. The predicted molar refractivity (Wildman–Crippen MR) is 88.7 cm³/mol. The highest BCUT2D eigenvalue weighted by Crippen LogP contribution is 2.37. The van der Waals surface area contributed by atoms with Gasteiger partial charge in [0.1, 0.15) is 5.60 Å². The molecule has 0 spiro atoms. The van der Waals surface area contributed by atoms with E-state index in [0.29, 0.717) is 0 Å². The maximum Gasteiger partial charge on any atom is 0.163 e. The first-order valence-corrected chi connectivity index (χ1v) is 9.16. The summed E-state index contributed by atoms with van der Waals surface area (Å²) in [6, 6.07) is 22.6. The molecule has 0 unspecified atom stereocenters. The maximum atomic E-state index is 6.53. The third-order valence-corrected chi connectivity index (χ3v) is 4.74. The molecule has 1 nitrogen and oxygen atoms in total. The molecular weight excluding hydrogens is 260 g/mol. The summed E-state index contributed by atoms with van der Waals surface area (Å²) < 4.78 is 6.53. The van der Waals surface area contributed by atoms with Gasteiger partial charge in [0.25, 0.3) is 0 Å². The van der Waals surface area contributed by atoms with Crippen LogP contribution in [0.4, 0.5) is 0 Å². The Morgan fingerprint density at radius 1 is 0.850 bits per heavy atom. The van der Waals surface area contributed by atoms with Crippen molar-refractivity contribution >= 4 is 9.76 Å². The fourth-order valence-electron chi connectivity index (χ4n) is 2.74. The number of hydrogen-bond acceptors (Lipinski definition) is 1. The Bertz CT molecular complexity index is 456. The number of benzene rings is 2. The van der Waals surface area contributed by atoms with Crippen LogP contribution in [0, 0.1) is 0 Å². The van der Waals surface area contributed by atoms with Gasteiger partial charge in [-0.25, -0.2) is 0 Å². The second-order valence-electron chi connectivity index (χ2n) is 5.16. The Morgan fingerprint density at radius 3 is 1.75 bits per heavy atom. The molecule has 0 bridgehead atoms. The fraction of sp³-hybridized carbons (Fsp3) is 0.333. The van der Waals surface area contributed by atoms with E-state index in [4.69, 9.17) is 4.43 Å². The summed E-state index contributed by atoms with van der Waals surface area (Å²) in [6.45, 7) is 4.45. The lowest BCUT2D eigenvalue weighted by molar-refractivity contribution is 0.105. The van der Waals surface area contributed by atoms with E-state index in [2.05, 4.69) is 74.5 Å². The van der Waals surface area contributed by atoms with Gasteiger partial charge in [-0.2, -0.15) is 0 Å². The minimum Gasteiger partial charge on any atom is -0.410 e. The lowest BCUT2D eigenvalue weighted by Gasteiger charge is -2.35. The Morgan fingerprint density at radius 2 is 1.35 bits per heavy atom. The van der Waals surface area contributed by atoms with Gasteiger partial charge in [0.05, 0.1) is 0 Å². The van der Waals surface area contributed by atoms with Crippen LogP contribution >= 0.6 is 0 Å².